The van der Waals surface area contributed by atoms with Crippen molar-refractivity contribution in [1.82, 2.24) is 0 Å². The van der Waals surface area contributed by atoms with Crippen LogP contribution < -0.4 is 0 Å². The second-order valence-corrected chi connectivity index (χ2v) is 6.49. The zero-order valence-electron chi connectivity index (χ0n) is 8.61. The highest BCUT2D eigenvalue weighted by atomic mass is 32.2. The van der Waals surface area contributed by atoms with E-state index in [1.165, 1.54) is 33.3 Å². The molecule has 0 bridgehead atoms. The third kappa shape index (κ3) is 5.39. The summed E-state index contributed by atoms with van der Waals surface area (Å²) in [6.45, 7) is 3.15. The lowest BCUT2D eigenvalue weighted by Gasteiger charge is -1.93. The average Bonchev–Trinajstić information content (AvgIpc) is 2.59. The molecular weight excluding hydrogens is 248 g/mol. The first-order valence-corrected chi connectivity index (χ1v) is 7.21. The molecule has 1 aromatic rings. The van der Waals surface area contributed by atoms with Gasteiger partial charge in [0.1, 0.15) is 0 Å². The molecule has 2 nitrogen and oxygen atoms in total. The molecule has 0 unspecified atom stereocenters. The predicted molar refractivity (Wildman–Crippen MR) is 68.3 cm³/mol. The van der Waals surface area contributed by atoms with Gasteiger partial charge in [-0.25, -0.2) is 0 Å². The van der Waals surface area contributed by atoms with Gasteiger partial charge < -0.3 is 0 Å². The molecule has 1 rings (SSSR count). The van der Waals surface area contributed by atoms with Crippen molar-refractivity contribution in [3.8, 4) is 0 Å². The van der Waals surface area contributed by atoms with Gasteiger partial charge in [0.15, 0.2) is 10.2 Å². The molecule has 0 amide bonds. The molecule has 1 aromatic heterocycles. The largest absolute Gasteiger partial charge is 0.288 e. The van der Waals surface area contributed by atoms with Crippen LogP contribution in [0.25, 0.3) is 0 Å². The van der Waals surface area contributed by atoms with E-state index in [4.69, 9.17) is 0 Å². The van der Waals surface area contributed by atoms with Crippen molar-refractivity contribution in [3.63, 3.8) is 0 Å². The Morgan fingerprint density at radius 3 is 1.80 bits per heavy atom. The summed E-state index contributed by atoms with van der Waals surface area (Å²) < 4.78 is 0. The van der Waals surface area contributed by atoms with E-state index in [1.54, 1.807) is 25.2 Å². The monoisotopic (exact) mass is 260 g/mol. The van der Waals surface area contributed by atoms with Crippen LogP contribution in [-0.2, 0) is 21.1 Å². The average molecular weight is 260 g/mol. The van der Waals surface area contributed by atoms with Crippen LogP contribution in [0, 0.1) is 0 Å². The van der Waals surface area contributed by atoms with E-state index in [-0.39, 0.29) is 10.2 Å². The van der Waals surface area contributed by atoms with E-state index in [0.29, 0.717) is 0 Å². The van der Waals surface area contributed by atoms with Gasteiger partial charge in [-0.05, 0) is 12.1 Å². The number of carbonyl (C=O) groups is 2. The van der Waals surface area contributed by atoms with Crippen molar-refractivity contribution in [2.45, 2.75) is 25.4 Å². The maximum Gasteiger partial charge on any atom is 0.186 e. The number of hydrogen-bond donors (Lipinski definition) is 0. The summed E-state index contributed by atoms with van der Waals surface area (Å²) in [4.78, 5) is 23.9. The van der Waals surface area contributed by atoms with E-state index in [9.17, 15) is 9.59 Å². The Hall–Kier alpha value is -0.260. The lowest BCUT2D eigenvalue weighted by Crippen LogP contribution is -1.82. The zero-order chi connectivity index (χ0) is 11.3. The van der Waals surface area contributed by atoms with Crippen molar-refractivity contribution in [1.29, 1.82) is 0 Å². The Morgan fingerprint density at radius 2 is 1.47 bits per heavy atom. The summed E-state index contributed by atoms with van der Waals surface area (Å²) in [6.07, 6.45) is 0. The SMILES string of the molecule is CC(=O)SCc1ccc(CSC(C)=O)s1. The van der Waals surface area contributed by atoms with E-state index in [1.807, 2.05) is 12.1 Å². The fourth-order valence-electron chi connectivity index (χ4n) is 0.923. The second-order valence-electron chi connectivity index (χ2n) is 2.93. The predicted octanol–water partition coefficient (Wildman–Crippen LogP) is 3.31. The minimum Gasteiger partial charge on any atom is -0.288 e. The molecule has 0 N–H and O–H groups in total. The molecule has 0 aliphatic heterocycles. The van der Waals surface area contributed by atoms with E-state index >= 15 is 0 Å². The molecular formula is C10H12O2S3. The highest BCUT2D eigenvalue weighted by molar-refractivity contribution is 8.13. The first-order valence-electron chi connectivity index (χ1n) is 4.42. The number of rotatable bonds is 4. The van der Waals surface area contributed by atoms with Crippen molar-refractivity contribution in [2.75, 3.05) is 0 Å². The summed E-state index contributed by atoms with van der Waals surface area (Å²) in [6, 6.07) is 4.05. The number of thioether (sulfide) groups is 2. The molecule has 0 spiro atoms. The van der Waals surface area contributed by atoms with Crippen LogP contribution in [0.15, 0.2) is 12.1 Å². The van der Waals surface area contributed by atoms with Gasteiger partial charge in [-0.2, -0.15) is 0 Å². The first kappa shape index (κ1) is 12.8. The molecule has 0 aliphatic carbocycles. The molecule has 5 heteroatoms. The van der Waals surface area contributed by atoms with Crippen molar-refractivity contribution < 1.29 is 9.59 Å². The van der Waals surface area contributed by atoms with Crippen molar-refractivity contribution >= 4 is 45.1 Å². The lowest BCUT2D eigenvalue weighted by atomic mass is 10.5. The highest BCUT2D eigenvalue weighted by Gasteiger charge is 2.03. The van der Waals surface area contributed by atoms with Crippen LogP contribution in [0.2, 0.25) is 0 Å². The van der Waals surface area contributed by atoms with Gasteiger partial charge in [0.05, 0.1) is 0 Å². The van der Waals surface area contributed by atoms with Gasteiger partial charge in [0.25, 0.3) is 0 Å². The number of thiophene rings is 1. The van der Waals surface area contributed by atoms with Crippen LogP contribution >= 0.6 is 34.9 Å². The second kappa shape index (κ2) is 6.35. The van der Waals surface area contributed by atoms with Crippen LogP contribution in [-0.4, -0.2) is 10.2 Å². The molecule has 15 heavy (non-hydrogen) atoms. The van der Waals surface area contributed by atoms with E-state index < -0.39 is 0 Å². The zero-order valence-corrected chi connectivity index (χ0v) is 11.1. The summed E-state index contributed by atoms with van der Waals surface area (Å²) in [5.41, 5.74) is 0. The first-order chi connectivity index (χ1) is 7.08. The van der Waals surface area contributed by atoms with E-state index in [2.05, 4.69) is 0 Å². The molecule has 0 saturated heterocycles. The third-order valence-electron chi connectivity index (χ3n) is 1.55. The Bertz CT molecular complexity index is 325. The molecule has 0 aromatic carbocycles. The fraction of sp³-hybridized carbons (Fsp3) is 0.400. The van der Waals surface area contributed by atoms with Gasteiger partial charge in [0.2, 0.25) is 0 Å². The maximum absolute atomic E-state index is 10.8. The molecule has 0 radical (unpaired) electrons. The summed E-state index contributed by atoms with van der Waals surface area (Å²) >= 11 is 4.31. The Morgan fingerprint density at radius 1 is 1.07 bits per heavy atom. The molecule has 82 valence electrons. The molecule has 0 fully saturated rings. The minimum atomic E-state index is 0.142. The number of hydrogen-bond acceptors (Lipinski definition) is 5. The Balaban J connectivity index is 2.41. The van der Waals surface area contributed by atoms with Gasteiger partial charge >= 0.3 is 0 Å². The van der Waals surface area contributed by atoms with Gasteiger partial charge in [-0.1, -0.05) is 23.5 Å². The van der Waals surface area contributed by atoms with Crippen LogP contribution in [0.4, 0.5) is 0 Å². The van der Waals surface area contributed by atoms with Crippen LogP contribution in [0.1, 0.15) is 23.6 Å². The standard InChI is InChI=1S/C10H12O2S3/c1-7(11)13-5-9-3-4-10(15-9)6-14-8(2)12/h3-4H,5-6H2,1-2H3. The highest BCUT2D eigenvalue weighted by Crippen LogP contribution is 2.25. The Kier molecular flexibility index (Phi) is 5.42. The van der Waals surface area contributed by atoms with Gasteiger partial charge in [0, 0.05) is 35.1 Å². The topological polar surface area (TPSA) is 34.1 Å². The van der Waals surface area contributed by atoms with Crippen LogP contribution in [0.5, 0.6) is 0 Å². The van der Waals surface area contributed by atoms with Crippen molar-refractivity contribution in [2.24, 2.45) is 0 Å². The quantitative estimate of drug-likeness (QED) is 0.832. The van der Waals surface area contributed by atoms with E-state index in [0.717, 1.165) is 11.5 Å². The summed E-state index contributed by atoms with van der Waals surface area (Å²) in [7, 11) is 0. The summed E-state index contributed by atoms with van der Waals surface area (Å²) in [5, 5.41) is 0.283. The molecule has 1 heterocycles. The summed E-state index contributed by atoms with van der Waals surface area (Å²) in [5.74, 6) is 1.48. The normalized spacial score (nSPS) is 10.3. The van der Waals surface area contributed by atoms with Crippen LogP contribution in [0.3, 0.4) is 0 Å². The minimum absolute atomic E-state index is 0.142. The molecule has 0 aliphatic rings. The fourth-order valence-corrected chi connectivity index (χ4v) is 3.24. The van der Waals surface area contributed by atoms with Gasteiger partial charge in [-0.3, -0.25) is 9.59 Å². The lowest BCUT2D eigenvalue weighted by molar-refractivity contribution is -0.109. The smallest absolute Gasteiger partial charge is 0.186 e. The number of carbonyl (C=O) groups excluding carboxylic acids is 2. The Labute approximate surface area is 102 Å². The maximum atomic E-state index is 10.8. The molecule has 0 saturated carbocycles. The third-order valence-corrected chi connectivity index (χ3v) is 4.73. The van der Waals surface area contributed by atoms with Gasteiger partial charge in [-0.15, -0.1) is 11.3 Å². The van der Waals surface area contributed by atoms with Crippen molar-refractivity contribution in [3.05, 3.63) is 21.9 Å². The molecule has 0 atom stereocenters.